The topological polar surface area (TPSA) is 63.3 Å². The summed E-state index contributed by atoms with van der Waals surface area (Å²) in [4.78, 5) is 18.3. The molecule has 1 N–H and O–H groups in total. The van der Waals surface area contributed by atoms with Gasteiger partial charge in [0.25, 0.3) is 0 Å². The summed E-state index contributed by atoms with van der Waals surface area (Å²) in [5.41, 5.74) is 5.63. The van der Waals surface area contributed by atoms with Crippen molar-refractivity contribution in [1.82, 2.24) is 4.98 Å². The van der Waals surface area contributed by atoms with E-state index in [4.69, 9.17) is 9.40 Å². The number of hydrogen-bond acceptors (Lipinski definition) is 5. The van der Waals surface area contributed by atoms with E-state index in [9.17, 15) is 9.90 Å². The maximum atomic E-state index is 12.2. The fourth-order valence-corrected chi connectivity index (χ4v) is 7.47. The monoisotopic (exact) mass is 867 g/mol. The molecule has 0 aliphatic rings. The van der Waals surface area contributed by atoms with E-state index in [-0.39, 0.29) is 47.9 Å². The van der Waals surface area contributed by atoms with Gasteiger partial charge in [0.1, 0.15) is 16.9 Å². The minimum Gasteiger partial charge on any atom is -0.512 e. The van der Waals surface area contributed by atoms with Gasteiger partial charge in [0, 0.05) is 69.3 Å². The Morgan fingerprint density at radius 1 is 0.860 bits per heavy atom. The number of allylic oxidation sites excluding steroid dienone is 2. The number of carbonyl (C=O) groups excluding carboxylic acids is 1. The summed E-state index contributed by atoms with van der Waals surface area (Å²) in [6.45, 7) is 23.2. The second-order valence-corrected chi connectivity index (χ2v) is 16.3. The predicted octanol–water partition coefficient (Wildman–Crippen LogP) is 13.4. The van der Waals surface area contributed by atoms with Crippen LogP contribution in [-0.4, -0.2) is 15.9 Å². The van der Waals surface area contributed by atoms with E-state index in [1.54, 1.807) is 0 Å². The van der Waals surface area contributed by atoms with Crippen molar-refractivity contribution in [2.24, 2.45) is 10.8 Å². The Balaban J connectivity index is 0.000000269. The smallest absolute Gasteiger partial charge is 0.164 e. The molecule has 0 aliphatic carbocycles. The standard InChI is InChI=1S/C29H24NOS.C15H28O2.Ir/c1-16-17(2)32-26-15-25-23(14-22(16)26)21-10-11-30-27(28(21)31-25)19-12-18-8-6-7-9-20(18)24(13-19)29(3,4)5;1-7-14(5,8-2)12(16)11-13(17)15(6,9-3)10-4;/h6-11,13-15H,1-5H3;11,16H,7-10H2,1-6H3;/q-1;;/b;12-11-;. The van der Waals surface area contributed by atoms with Crippen LogP contribution >= 0.6 is 11.3 Å². The van der Waals surface area contributed by atoms with E-state index in [1.165, 1.54) is 37.6 Å². The molecule has 3 heterocycles. The van der Waals surface area contributed by atoms with E-state index in [2.05, 4.69) is 89.2 Å². The summed E-state index contributed by atoms with van der Waals surface area (Å²) < 4.78 is 7.73. The van der Waals surface area contributed by atoms with Crippen LogP contribution in [0.5, 0.6) is 0 Å². The number of fused-ring (bicyclic) bond motifs is 5. The third kappa shape index (κ3) is 7.36. The average molecular weight is 867 g/mol. The molecule has 3 aromatic carbocycles. The van der Waals surface area contributed by atoms with Crippen LogP contribution in [0.1, 0.15) is 104 Å². The van der Waals surface area contributed by atoms with Crippen LogP contribution < -0.4 is 0 Å². The Morgan fingerprint density at radius 3 is 2.12 bits per heavy atom. The number of aryl methyl sites for hydroxylation is 2. The molecule has 0 spiro atoms. The molecular formula is C44H52IrNO3S-. The van der Waals surface area contributed by atoms with Crippen molar-refractivity contribution in [2.75, 3.05) is 0 Å². The third-order valence-electron chi connectivity index (χ3n) is 11.1. The number of aliphatic hydroxyl groups excluding tert-OH is 1. The number of ketones is 1. The van der Waals surface area contributed by atoms with Crippen molar-refractivity contribution in [3.05, 3.63) is 88.6 Å². The zero-order valence-corrected chi connectivity index (χ0v) is 34.8. The van der Waals surface area contributed by atoms with Gasteiger partial charge in [0.2, 0.25) is 0 Å². The SMILES string of the molecule is CCC(C)(CC)C(=O)/C=C(\O)C(C)(CC)CC.Cc1sc2cc3oc4c(-c5[c-]c6ccccc6c(C(C)(C)C)c5)nccc4c3cc2c1C.[Ir]. The first-order valence-electron chi connectivity index (χ1n) is 17.7. The number of aliphatic hydroxyl groups is 1. The Bertz CT molecular complexity index is 2190. The number of benzene rings is 3. The molecule has 0 unspecified atom stereocenters. The Labute approximate surface area is 315 Å². The fraction of sp³-hybridized carbons (Fsp3) is 0.409. The van der Waals surface area contributed by atoms with Crippen LogP contribution in [0.25, 0.3) is 54.1 Å². The summed E-state index contributed by atoms with van der Waals surface area (Å²) in [6.07, 6.45) is 6.65. The average Bonchev–Trinajstić information content (AvgIpc) is 3.60. The summed E-state index contributed by atoms with van der Waals surface area (Å²) in [5, 5.41) is 16.0. The molecule has 0 atom stereocenters. The molecule has 0 amide bonds. The molecule has 6 rings (SSSR count). The first kappa shape index (κ1) is 39.5. The minimum absolute atomic E-state index is 0. The maximum absolute atomic E-state index is 12.2. The van der Waals surface area contributed by atoms with Gasteiger partial charge >= 0.3 is 0 Å². The summed E-state index contributed by atoms with van der Waals surface area (Å²) in [6, 6.07) is 20.9. The number of carbonyl (C=O) groups is 1. The van der Waals surface area contributed by atoms with E-state index >= 15 is 0 Å². The molecule has 0 saturated heterocycles. The zero-order chi connectivity index (χ0) is 35.9. The molecule has 0 saturated carbocycles. The van der Waals surface area contributed by atoms with E-state index in [0.717, 1.165) is 64.3 Å². The van der Waals surface area contributed by atoms with Crippen LogP contribution in [0, 0.1) is 30.7 Å². The normalized spacial score (nSPS) is 12.7. The molecule has 0 fully saturated rings. The summed E-state index contributed by atoms with van der Waals surface area (Å²) in [7, 11) is 0. The number of furan rings is 1. The molecule has 3 aromatic heterocycles. The van der Waals surface area contributed by atoms with Gasteiger partial charge in [-0.1, -0.05) is 91.5 Å². The largest absolute Gasteiger partial charge is 0.512 e. The number of thiophene rings is 1. The van der Waals surface area contributed by atoms with Gasteiger partial charge in [-0.2, -0.15) is 0 Å². The zero-order valence-electron chi connectivity index (χ0n) is 31.6. The minimum atomic E-state index is -0.337. The maximum Gasteiger partial charge on any atom is 0.164 e. The second-order valence-electron chi connectivity index (χ2n) is 15.1. The molecule has 6 heteroatoms. The number of pyridine rings is 1. The first-order chi connectivity index (χ1) is 23.1. The summed E-state index contributed by atoms with van der Waals surface area (Å²) in [5.74, 6) is 0.286. The molecular weight excluding hydrogens is 815 g/mol. The third-order valence-corrected chi connectivity index (χ3v) is 12.3. The van der Waals surface area contributed by atoms with Gasteiger partial charge in [0.15, 0.2) is 5.78 Å². The van der Waals surface area contributed by atoms with Crippen LogP contribution in [0.2, 0.25) is 0 Å². The molecule has 50 heavy (non-hydrogen) atoms. The predicted molar refractivity (Wildman–Crippen MR) is 210 cm³/mol. The molecule has 267 valence electrons. The fourth-order valence-electron chi connectivity index (χ4n) is 6.39. The Kier molecular flexibility index (Phi) is 11.9. The van der Waals surface area contributed by atoms with Crippen LogP contribution in [-0.2, 0) is 30.3 Å². The van der Waals surface area contributed by atoms with Crippen molar-refractivity contribution in [2.45, 2.75) is 107 Å². The van der Waals surface area contributed by atoms with Crippen LogP contribution in [0.3, 0.4) is 0 Å². The van der Waals surface area contributed by atoms with Gasteiger partial charge < -0.3 is 9.52 Å². The van der Waals surface area contributed by atoms with Crippen molar-refractivity contribution in [1.29, 1.82) is 0 Å². The van der Waals surface area contributed by atoms with Gasteiger partial charge in [-0.15, -0.1) is 40.5 Å². The van der Waals surface area contributed by atoms with Crippen LogP contribution in [0.15, 0.2) is 71.0 Å². The van der Waals surface area contributed by atoms with Gasteiger partial charge in [0.05, 0.1) is 0 Å². The molecule has 6 aromatic rings. The first-order valence-corrected chi connectivity index (χ1v) is 18.5. The van der Waals surface area contributed by atoms with Gasteiger partial charge in [-0.05, 0) is 74.1 Å². The second kappa shape index (κ2) is 15.1. The number of nitrogens with zero attached hydrogens (tertiary/aromatic N) is 1. The van der Waals surface area contributed by atoms with Gasteiger partial charge in [-0.3, -0.25) is 9.78 Å². The van der Waals surface area contributed by atoms with Crippen molar-refractivity contribution in [3.8, 4) is 11.3 Å². The van der Waals surface area contributed by atoms with E-state index in [0.29, 0.717) is 0 Å². The number of rotatable bonds is 8. The molecule has 1 radical (unpaired) electrons. The Morgan fingerprint density at radius 2 is 1.50 bits per heavy atom. The van der Waals surface area contributed by atoms with Crippen molar-refractivity contribution < 1.29 is 34.4 Å². The van der Waals surface area contributed by atoms with E-state index < -0.39 is 0 Å². The van der Waals surface area contributed by atoms with Gasteiger partial charge in [-0.25, -0.2) is 0 Å². The summed E-state index contributed by atoms with van der Waals surface area (Å²) >= 11 is 1.83. The van der Waals surface area contributed by atoms with Crippen LogP contribution in [0.4, 0.5) is 0 Å². The molecule has 0 aliphatic heterocycles. The van der Waals surface area contributed by atoms with E-state index in [1.807, 2.05) is 59.1 Å². The molecule has 0 bridgehead atoms. The number of hydrogen-bond donors (Lipinski definition) is 1. The van der Waals surface area contributed by atoms with Crippen molar-refractivity contribution in [3.63, 3.8) is 0 Å². The molecule has 4 nitrogen and oxygen atoms in total. The quantitative estimate of drug-likeness (QED) is 0.0940. The number of aromatic nitrogens is 1. The van der Waals surface area contributed by atoms with Crippen molar-refractivity contribution >= 4 is 59.9 Å². The Hall–Kier alpha value is -3.31.